The molecule has 0 saturated carbocycles. The molecular formula is C22H18ClN. The van der Waals surface area contributed by atoms with Crippen LogP contribution in [-0.4, -0.2) is 0 Å². The van der Waals surface area contributed by atoms with Crippen LogP contribution in [0, 0.1) is 5.92 Å². The molecule has 0 unspecified atom stereocenters. The van der Waals surface area contributed by atoms with Crippen LogP contribution in [0.2, 0.25) is 5.02 Å². The lowest BCUT2D eigenvalue weighted by molar-refractivity contribution is 0.427. The molecule has 2 heteroatoms. The highest BCUT2D eigenvalue weighted by atomic mass is 35.5. The molecule has 0 radical (unpaired) electrons. The summed E-state index contributed by atoms with van der Waals surface area (Å²) in [4.78, 5) is 0. The largest absolute Gasteiger partial charge is 0.378 e. The average molecular weight is 332 g/mol. The zero-order valence-corrected chi connectivity index (χ0v) is 14.0. The molecular weight excluding hydrogens is 314 g/mol. The summed E-state index contributed by atoms with van der Waals surface area (Å²) in [5.74, 6) is 1.04. The Morgan fingerprint density at radius 2 is 1.75 bits per heavy atom. The topological polar surface area (TPSA) is 12.0 Å². The summed E-state index contributed by atoms with van der Waals surface area (Å²) in [7, 11) is 0. The molecule has 0 amide bonds. The maximum absolute atomic E-state index is 6.08. The van der Waals surface area contributed by atoms with Crippen LogP contribution in [0.25, 0.3) is 10.8 Å². The predicted molar refractivity (Wildman–Crippen MR) is 102 cm³/mol. The predicted octanol–water partition coefficient (Wildman–Crippen LogP) is 6.32. The molecule has 1 aliphatic heterocycles. The molecule has 1 heterocycles. The van der Waals surface area contributed by atoms with Gasteiger partial charge in [-0.15, -0.1) is 0 Å². The molecule has 0 bridgehead atoms. The Labute approximate surface area is 147 Å². The molecule has 3 aromatic rings. The fraction of sp³-hybridized carbons (Fsp3) is 0.182. The first-order chi connectivity index (χ1) is 11.8. The highest BCUT2D eigenvalue weighted by Gasteiger charge is 2.38. The Hall–Kier alpha value is -2.25. The molecule has 3 aromatic carbocycles. The normalized spacial score (nSPS) is 24.5. The molecule has 3 atom stereocenters. The first kappa shape index (κ1) is 14.1. The summed E-state index contributed by atoms with van der Waals surface area (Å²) < 4.78 is 0. The molecule has 1 nitrogen and oxygen atoms in total. The molecule has 0 spiro atoms. The molecule has 0 saturated heterocycles. The number of rotatable bonds is 1. The summed E-state index contributed by atoms with van der Waals surface area (Å²) in [6.45, 7) is 0. The Morgan fingerprint density at radius 1 is 0.917 bits per heavy atom. The van der Waals surface area contributed by atoms with Gasteiger partial charge in [-0.1, -0.05) is 66.2 Å². The molecule has 0 aromatic heterocycles. The number of anilines is 1. The Kier molecular flexibility index (Phi) is 3.17. The van der Waals surface area contributed by atoms with Crippen LogP contribution < -0.4 is 5.32 Å². The zero-order valence-electron chi connectivity index (χ0n) is 13.2. The van der Waals surface area contributed by atoms with E-state index in [1.165, 1.54) is 27.6 Å². The van der Waals surface area contributed by atoms with E-state index in [0.717, 1.165) is 11.4 Å². The summed E-state index contributed by atoms with van der Waals surface area (Å²) >= 11 is 6.08. The second-order valence-electron chi connectivity index (χ2n) is 6.77. The molecule has 118 valence electrons. The van der Waals surface area contributed by atoms with E-state index in [1.807, 2.05) is 12.1 Å². The van der Waals surface area contributed by atoms with Gasteiger partial charge in [0.15, 0.2) is 0 Å². The minimum absolute atomic E-state index is 0.330. The summed E-state index contributed by atoms with van der Waals surface area (Å²) in [5.41, 5.74) is 4.04. The van der Waals surface area contributed by atoms with Crippen LogP contribution in [0.5, 0.6) is 0 Å². The number of benzene rings is 3. The van der Waals surface area contributed by atoms with E-state index in [9.17, 15) is 0 Å². The molecule has 1 aliphatic carbocycles. The fourth-order valence-corrected chi connectivity index (χ4v) is 4.51. The maximum atomic E-state index is 6.08. The second kappa shape index (κ2) is 5.39. The Balaban J connectivity index is 1.67. The minimum Gasteiger partial charge on any atom is -0.378 e. The Morgan fingerprint density at radius 3 is 2.62 bits per heavy atom. The average Bonchev–Trinajstić information content (AvgIpc) is 3.11. The van der Waals surface area contributed by atoms with Crippen molar-refractivity contribution in [3.63, 3.8) is 0 Å². The minimum atomic E-state index is 0.330. The van der Waals surface area contributed by atoms with Gasteiger partial charge >= 0.3 is 0 Å². The lowest BCUT2D eigenvalue weighted by atomic mass is 9.75. The van der Waals surface area contributed by atoms with Gasteiger partial charge in [-0.2, -0.15) is 0 Å². The van der Waals surface area contributed by atoms with Crippen molar-refractivity contribution in [3.8, 4) is 0 Å². The van der Waals surface area contributed by atoms with Crippen molar-refractivity contribution in [2.24, 2.45) is 5.92 Å². The quantitative estimate of drug-likeness (QED) is 0.514. The van der Waals surface area contributed by atoms with E-state index in [-0.39, 0.29) is 0 Å². The van der Waals surface area contributed by atoms with E-state index in [4.69, 9.17) is 11.6 Å². The van der Waals surface area contributed by atoms with Gasteiger partial charge < -0.3 is 5.32 Å². The van der Waals surface area contributed by atoms with Gasteiger partial charge in [0.25, 0.3) is 0 Å². The van der Waals surface area contributed by atoms with Crippen molar-refractivity contribution in [2.75, 3.05) is 5.32 Å². The van der Waals surface area contributed by atoms with Gasteiger partial charge in [0, 0.05) is 16.6 Å². The van der Waals surface area contributed by atoms with Gasteiger partial charge in [0.05, 0.1) is 6.04 Å². The SMILES string of the molecule is Clc1ccc([C@@H]2Nc3ccc4ccccc4c3[C@H]3C=CC[C@H]32)cc1. The molecule has 0 fully saturated rings. The number of hydrogen-bond donors (Lipinski definition) is 1. The number of allylic oxidation sites excluding steroid dienone is 2. The second-order valence-corrected chi connectivity index (χ2v) is 7.21. The van der Waals surface area contributed by atoms with E-state index in [0.29, 0.717) is 17.9 Å². The van der Waals surface area contributed by atoms with Crippen molar-refractivity contribution >= 4 is 28.1 Å². The molecule has 2 aliphatic rings. The lowest BCUT2D eigenvalue weighted by Gasteiger charge is -2.38. The third-order valence-electron chi connectivity index (χ3n) is 5.49. The Bertz CT molecular complexity index is 942. The van der Waals surface area contributed by atoms with Gasteiger partial charge in [0.1, 0.15) is 0 Å². The number of hydrogen-bond acceptors (Lipinski definition) is 1. The van der Waals surface area contributed by atoms with Crippen LogP contribution in [0.3, 0.4) is 0 Å². The van der Waals surface area contributed by atoms with E-state index in [1.54, 1.807) is 0 Å². The zero-order chi connectivity index (χ0) is 16.1. The van der Waals surface area contributed by atoms with Crippen LogP contribution in [0.1, 0.15) is 29.5 Å². The van der Waals surface area contributed by atoms with E-state index >= 15 is 0 Å². The van der Waals surface area contributed by atoms with Gasteiger partial charge in [-0.25, -0.2) is 0 Å². The first-order valence-corrected chi connectivity index (χ1v) is 8.89. The molecule has 1 N–H and O–H groups in total. The van der Waals surface area contributed by atoms with Crippen molar-refractivity contribution in [2.45, 2.75) is 18.4 Å². The number of nitrogens with one attached hydrogen (secondary N) is 1. The lowest BCUT2D eigenvalue weighted by Crippen LogP contribution is -2.29. The first-order valence-electron chi connectivity index (χ1n) is 8.51. The van der Waals surface area contributed by atoms with Crippen molar-refractivity contribution in [1.82, 2.24) is 0 Å². The van der Waals surface area contributed by atoms with Crippen molar-refractivity contribution < 1.29 is 0 Å². The highest BCUT2D eigenvalue weighted by Crippen LogP contribution is 2.51. The summed E-state index contributed by atoms with van der Waals surface area (Å²) in [5, 5.41) is 7.30. The standard InChI is InChI=1S/C22H18ClN/c23-16-11-8-15(9-12-16)22-19-7-3-6-18(19)21-17-5-2-1-4-14(17)10-13-20(21)24-22/h1-6,8-13,18-19,22,24H,7H2/t18-,19+,22-/m0/s1. The van der Waals surface area contributed by atoms with E-state index < -0.39 is 0 Å². The third kappa shape index (κ3) is 2.08. The van der Waals surface area contributed by atoms with Crippen molar-refractivity contribution in [3.05, 3.63) is 89.0 Å². The van der Waals surface area contributed by atoms with Crippen LogP contribution in [-0.2, 0) is 0 Å². The van der Waals surface area contributed by atoms with Crippen LogP contribution in [0.15, 0.2) is 72.8 Å². The van der Waals surface area contributed by atoms with Gasteiger partial charge in [0.2, 0.25) is 0 Å². The fourth-order valence-electron chi connectivity index (χ4n) is 4.38. The highest BCUT2D eigenvalue weighted by molar-refractivity contribution is 6.30. The number of halogens is 1. The third-order valence-corrected chi connectivity index (χ3v) is 5.74. The summed E-state index contributed by atoms with van der Waals surface area (Å²) in [6, 6.07) is 21.8. The van der Waals surface area contributed by atoms with Crippen LogP contribution >= 0.6 is 11.6 Å². The smallest absolute Gasteiger partial charge is 0.0553 e. The van der Waals surface area contributed by atoms with Gasteiger partial charge in [-0.3, -0.25) is 0 Å². The molecule has 24 heavy (non-hydrogen) atoms. The van der Waals surface area contributed by atoms with Gasteiger partial charge in [-0.05, 0) is 52.4 Å². The molecule has 5 rings (SSSR count). The summed E-state index contributed by atoms with van der Waals surface area (Å²) in [6.07, 6.45) is 5.87. The van der Waals surface area contributed by atoms with Crippen LogP contribution in [0.4, 0.5) is 5.69 Å². The maximum Gasteiger partial charge on any atom is 0.0553 e. The number of fused-ring (bicyclic) bond motifs is 5. The monoisotopic (exact) mass is 331 g/mol. The van der Waals surface area contributed by atoms with E-state index in [2.05, 4.69) is 66.0 Å². The van der Waals surface area contributed by atoms with Crippen molar-refractivity contribution in [1.29, 1.82) is 0 Å².